The summed E-state index contributed by atoms with van der Waals surface area (Å²) in [6.07, 6.45) is 23.6. The van der Waals surface area contributed by atoms with E-state index in [1.807, 2.05) is 19.0 Å². The molecule has 0 radical (unpaired) electrons. The van der Waals surface area contributed by atoms with E-state index in [4.69, 9.17) is 0 Å². The largest absolute Gasteiger partial charge is 0.354 e. The van der Waals surface area contributed by atoms with Crippen molar-refractivity contribution in [1.82, 2.24) is 25.6 Å². The molecule has 2 fully saturated rings. The summed E-state index contributed by atoms with van der Waals surface area (Å²) in [7, 11) is 3.98. The molecule has 3 heterocycles. The molecule has 1 aromatic rings. The van der Waals surface area contributed by atoms with E-state index in [0.29, 0.717) is 17.8 Å². The van der Waals surface area contributed by atoms with E-state index in [0.717, 1.165) is 37.8 Å². The average molecular weight is 657 g/mol. The molecule has 8 heteroatoms. The molecule has 0 spiro atoms. The molecule has 0 unspecified atom stereocenters. The lowest BCUT2D eigenvalue weighted by molar-refractivity contribution is 0.121. The van der Waals surface area contributed by atoms with E-state index in [2.05, 4.69) is 91.6 Å². The van der Waals surface area contributed by atoms with Gasteiger partial charge in [-0.1, -0.05) is 77.0 Å². The van der Waals surface area contributed by atoms with E-state index >= 15 is 0 Å². The monoisotopic (exact) mass is 657 g/mol. The quantitative estimate of drug-likeness (QED) is 0.0974. The van der Waals surface area contributed by atoms with Crippen LogP contribution in [0.5, 0.6) is 0 Å². The van der Waals surface area contributed by atoms with Crippen LogP contribution in [0.3, 0.4) is 0 Å². The number of hydrogen-bond donors (Lipinski definition) is 4. The van der Waals surface area contributed by atoms with Gasteiger partial charge in [0, 0.05) is 49.3 Å². The van der Waals surface area contributed by atoms with E-state index in [9.17, 15) is 0 Å². The highest BCUT2D eigenvalue weighted by atomic mass is 15.3. The number of hydrogen-bond acceptors (Lipinski definition) is 8. The predicted molar refractivity (Wildman–Crippen MR) is 204 cm³/mol. The summed E-state index contributed by atoms with van der Waals surface area (Å²) >= 11 is 0. The topological polar surface area (TPSA) is 90.0 Å². The molecule has 0 aliphatic carbocycles. The Balaban J connectivity index is 1.23. The summed E-state index contributed by atoms with van der Waals surface area (Å²) in [5.74, 6) is 3.79. The van der Waals surface area contributed by atoms with Crippen molar-refractivity contribution in [3.05, 3.63) is 0 Å². The smallest absolute Gasteiger partial charge is 0.231 e. The Kier molecular flexibility index (Phi) is 15.5. The zero-order valence-electron chi connectivity index (χ0n) is 32.6. The Morgan fingerprint density at radius 3 is 1.17 bits per heavy atom. The maximum absolute atomic E-state index is 4.68. The highest BCUT2D eigenvalue weighted by Crippen LogP contribution is 2.36. The maximum Gasteiger partial charge on any atom is 0.231 e. The summed E-state index contributed by atoms with van der Waals surface area (Å²) < 4.78 is 0. The average Bonchev–Trinajstić information content (AvgIpc) is 2.92. The maximum atomic E-state index is 4.68. The number of rotatable bonds is 21. The van der Waals surface area contributed by atoms with Crippen molar-refractivity contribution < 1.29 is 0 Å². The molecule has 8 nitrogen and oxygen atoms in total. The summed E-state index contributed by atoms with van der Waals surface area (Å²) in [5.41, 5.74) is 1.07. The fourth-order valence-corrected chi connectivity index (χ4v) is 9.13. The minimum atomic E-state index is 0.268. The zero-order valence-corrected chi connectivity index (χ0v) is 32.6. The number of nitrogens with zero attached hydrogens (tertiary/aromatic N) is 4. The summed E-state index contributed by atoms with van der Waals surface area (Å²) in [4.78, 5) is 15.9. The van der Waals surface area contributed by atoms with Crippen LogP contribution in [0.25, 0.3) is 0 Å². The first kappa shape index (κ1) is 39.8. The van der Waals surface area contributed by atoms with Crippen LogP contribution >= 0.6 is 0 Å². The van der Waals surface area contributed by atoms with Gasteiger partial charge in [-0.15, -0.1) is 0 Å². The Labute approximate surface area is 290 Å². The molecule has 4 N–H and O–H groups in total. The van der Waals surface area contributed by atoms with Crippen LogP contribution in [0.4, 0.5) is 17.8 Å². The van der Waals surface area contributed by atoms with Gasteiger partial charge >= 0.3 is 0 Å². The molecular formula is C39H76N8. The van der Waals surface area contributed by atoms with Crippen molar-refractivity contribution in [1.29, 1.82) is 0 Å². The standard InChI is InChI=1S/C39H76N8/c1-36(2)27-31(28-37(3,4)45-36)23-19-15-11-13-17-21-25-40-33-42-34(44-35(43-33)47(9)10)41-26-22-18-14-12-16-20-24-32-29-38(5,6)46-39(7,8)30-32/h31-32,45-46H,11-30H2,1-10H3,(H2,40,41,42,43,44). The summed E-state index contributed by atoms with van der Waals surface area (Å²) in [5, 5.41) is 14.6. The van der Waals surface area contributed by atoms with Gasteiger partial charge in [0.05, 0.1) is 0 Å². The molecule has 0 bridgehead atoms. The summed E-state index contributed by atoms with van der Waals surface area (Å²) in [6.45, 7) is 20.7. The fourth-order valence-electron chi connectivity index (χ4n) is 9.13. The Morgan fingerprint density at radius 2 is 0.830 bits per heavy atom. The molecule has 0 atom stereocenters. The molecule has 0 aromatic carbocycles. The lowest BCUT2D eigenvalue weighted by atomic mass is 9.74. The molecule has 272 valence electrons. The van der Waals surface area contributed by atoms with Crippen LogP contribution in [0, 0.1) is 11.8 Å². The second-order valence-corrected chi connectivity index (χ2v) is 18.2. The van der Waals surface area contributed by atoms with Gasteiger partial charge in [-0.05, 0) is 106 Å². The molecule has 1 aromatic heterocycles. The van der Waals surface area contributed by atoms with Crippen LogP contribution in [0.1, 0.15) is 171 Å². The highest BCUT2D eigenvalue weighted by molar-refractivity contribution is 5.42. The normalized spacial score (nSPS) is 20.6. The van der Waals surface area contributed by atoms with Crippen LogP contribution in [-0.2, 0) is 0 Å². The van der Waals surface area contributed by atoms with E-state index in [1.54, 1.807) is 0 Å². The number of nitrogens with one attached hydrogen (secondary N) is 4. The Bertz CT molecular complexity index is 928. The van der Waals surface area contributed by atoms with Gasteiger partial charge in [0.25, 0.3) is 0 Å². The van der Waals surface area contributed by atoms with E-state index < -0.39 is 0 Å². The van der Waals surface area contributed by atoms with Gasteiger partial charge in [-0.25, -0.2) is 0 Å². The van der Waals surface area contributed by atoms with Crippen molar-refractivity contribution in [2.75, 3.05) is 42.7 Å². The number of unbranched alkanes of at least 4 members (excludes halogenated alkanes) is 10. The third-order valence-corrected chi connectivity index (χ3v) is 10.2. The summed E-state index contributed by atoms with van der Waals surface area (Å²) in [6, 6.07) is 0. The van der Waals surface area contributed by atoms with Crippen molar-refractivity contribution in [2.45, 2.75) is 193 Å². The lowest BCUT2D eigenvalue weighted by Crippen LogP contribution is -2.57. The van der Waals surface area contributed by atoms with Gasteiger partial charge in [0.2, 0.25) is 17.8 Å². The van der Waals surface area contributed by atoms with Crippen molar-refractivity contribution in [3.8, 4) is 0 Å². The van der Waals surface area contributed by atoms with E-state index in [-0.39, 0.29) is 22.2 Å². The number of anilines is 3. The molecule has 3 rings (SSSR count). The Hall–Kier alpha value is -1.67. The fraction of sp³-hybridized carbons (Fsp3) is 0.923. The molecule has 0 amide bonds. The predicted octanol–water partition coefficient (Wildman–Crippen LogP) is 9.34. The minimum absolute atomic E-state index is 0.268. The van der Waals surface area contributed by atoms with Crippen molar-refractivity contribution >= 4 is 17.8 Å². The van der Waals surface area contributed by atoms with Crippen LogP contribution in [0.2, 0.25) is 0 Å². The van der Waals surface area contributed by atoms with Crippen molar-refractivity contribution in [2.24, 2.45) is 11.8 Å². The number of piperidine rings is 2. The van der Waals surface area contributed by atoms with E-state index in [1.165, 1.54) is 103 Å². The first-order valence-corrected chi connectivity index (χ1v) is 19.5. The van der Waals surface area contributed by atoms with Crippen LogP contribution in [0.15, 0.2) is 0 Å². The van der Waals surface area contributed by atoms with Gasteiger partial charge in [0.1, 0.15) is 0 Å². The molecule has 2 aliphatic rings. The minimum Gasteiger partial charge on any atom is -0.354 e. The van der Waals surface area contributed by atoms with Gasteiger partial charge in [0.15, 0.2) is 0 Å². The molecule has 47 heavy (non-hydrogen) atoms. The number of aromatic nitrogens is 3. The third-order valence-electron chi connectivity index (χ3n) is 10.2. The second-order valence-electron chi connectivity index (χ2n) is 18.2. The molecule has 2 aliphatic heterocycles. The zero-order chi connectivity index (χ0) is 34.6. The molecule has 0 saturated carbocycles. The first-order valence-electron chi connectivity index (χ1n) is 19.5. The Morgan fingerprint density at radius 1 is 0.511 bits per heavy atom. The molecular weight excluding hydrogens is 580 g/mol. The molecule has 2 saturated heterocycles. The van der Waals surface area contributed by atoms with Crippen LogP contribution in [-0.4, -0.2) is 64.3 Å². The first-order chi connectivity index (χ1) is 22.0. The SMILES string of the molecule is CN(C)c1nc(NCCCCCCCCC2CC(C)(C)NC(C)(C)C2)nc(NCCCCCCCCC2CC(C)(C)NC(C)(C)C2)n1. The van der Waals surface area contributed by atoms with Gasteiger partial charge in [-0.2, -0.15) is 15.0 Å². The third kappa shape index (κ3) is 16.1. The second kappa shape index (κ2) is 18.4. The van der Waals surface area contributed by atoms with Crippen molar-refractivity contribution in [3.63, 3.8) is 0 Å². The van der Waals surface area contributed by atoms with Gasteiger partial charge < -0.3 is 26.2 Å². The van der Waals surface area contributed by atoms with Gasteiger partial charge in [-0.3, -0.25) is 0 Å². The highest BCUT2D eigenvalue weighted by Gasteiger charge is 2.38. The van der Waals surface area contributed by atoms with Crippen LogP contribution < -0.4 is 26.2 Å². The lowest BCUT2D eigenvalue weighted by Gasteiger charge is -2.46.